The van der Waals surface area contributed by atoms with Gasteiger partial charge < -0.3 is 9.47 Å². The molecule has 242 valence electrons. The SMILES string of the molecule is CCOC(=O)C(C(C(=O)OCC)C(C(=O)c1ccccc1)C(=O)c1ccccc1)=P(c1ccccc1)(c1ccccc1)c1ccccc1. The first-order valence-corrected chi connectivity index (χ1v) is 17.7. The smallest absolute Gasteiger partial charge is 0.335 e. The second kappa shape index (κ2) is 16.0. The lowest BCUT2D eigenvalue weighted by molar-refractivity contribution is -0.147. The van der Waals surface area contributed by atoms with Gasteiger partial charge >= 0.3 is 11.9 Å². The topological polar surface area (TPSA) is 86.7 Å². The normalized spacial score (nSPS) is 11.7. The number of carbonyl (C=O) groups is 4. The van der Waals surface area contributed by atoms with Crippen LogP contribution in [0.2, 0.25) is 0 Å². The number of benzene rings is 5. The predicted molar refractivity (Wildman–Crippen MR) is 192 cm³/mol. The minimum Gasteiger partial charge on any atom is -0.465 e. The average molecular weight is 657 g/mol. The minimum absolute atomic E-state index is 0.000176. The molecule has 7 heteroatoms. The van der Waals surface area contributed by atoms with E-state index in [0.717, 1.165) is 15.9 Å². The summed E-state index contributed by atoms with van der Waals surface area (Å²) in [4.78, 5) is 58.9. The average Bonchev–Trinajstić information content (AvgIpc) is 3.14. The van der Waals surface area contributed by atoms with Gasteiger partial charge in [-0.05, 0) is 36.6 Å². The van der Waals surface area contributed by atoms with E-state index in [4.69, 9.17) is 9.47 Å². The van der Waals surface area contributed by atoms with Crippen LogP contribution in [0.1, 0.15) is 34.6 Å². The lowest BCUT2D eigenvalue weighted by atomic mass is 9.78. The molecule has 0 radical (unpaired) electrons. The molecule has 5 aromatic rings. The van der Waals surface area contributed by atoms with Crippen LogP contribution in [-0.2, 0) is 19.1 Å². The van der Waals surface area contributed by atoms with E-state index in [1.54, 1.807) is 74.5 Å². The molecule has 0 aliphatic rings. The summed E-state index contributed by atoms with van der Waals surface area (Å²) in [7, 11) is 0. The van der Waals surface area contributed by atoms with Crippen molar-refractivity contribution in [3.8, 4) is 0 Å². The van der Waals surface area contributed by atoms with Crippen molar-refractivity contribution in [2.75, 3.05) is 13.2 Å². The van der Waals surface area contributed by atoms with Gasteiger partial charge in [-0.15, -0.1) is 0 Å². The van der Waals surface area contributed by atoms with E-state index in [2.05, 4.69) is 0 Å². The molecular weight excluding hydrogens is 619 g/mol. The van der Waals surface area contributed by atoms with Crippen molar-refractivity contribution in [2.45, 2.75) is 13.8 Å². The van der Waals surface area contributed by atoms with Crippen molar-refractivity contribution in [3.05, 3.63) is 163 Å². The molecule has 0 bridgehead atoms. The van der Waals surface area contributed by atoms with Crippen LogP contribution in [0.25, 0.3) is 0 Å². The molecule has 0 N–H and O–H groups in total. The molecule has 48 heavy (non-hydrogen) atoms. The Morgan fingerprint density at radius 3 is 1.15 bits per heavy atom. The molecule has 1 unspecified atom stereocenters. The highest BCUT2D eigenvalue weighted by atomic mass is 31.2. The van der Waals surface area contributed by atoms with Gasteiger partial charge in [-0.1, -0.05) is 152 Å². The van der Waals surface area contributed by atoms with Crippen LogP contribution in [0.4, 0.5) is 0 Å². The summed E-state index contributed by atoms with van der Waals surface area (Å²) in [6.45, 7) is -0.0617. The van der Waals surface area contributed by atoms with Crippen LogP contribution < -0.4 is 15.9 Å². The van der Waals surface area contributed by atoms with E-state index in [9.17, 15) is 19.2 Å². The molecule has 5 rings (SSSR count). The van der Waals surface area contributed by atoms with Crippen LogP contribution in [0.15, 0.2) is 152 Å². The van der Waals surface area contributed by atoms with Crippen LogP contribution in [0.3, 0.4) is 0 Å². The second-order valence-electron chi connectivity index (χ2n) is 11.0. The molecule has 0 saturated heterocycles. The van der Waals surface area contributed by atoms with Crippen LogP contribution in [0, 0.1) is 11.8 Å². The van der Waals surface area contributed by atoms with Crippen molar-refractivity contribution in [1.29, 1.82) is 0 Å². The zero-order valence-corrected chi connectivity index (χ0v) is 27.8. The Labute approximate surface area is 281 Å². The Morgan fingerprint density at radius 2 is 0.812 bits per heavy atom. The number of ether oxygens (including phenoxy) is 2. The van der Waals surface area contributed by atoms with Crippen molar-refractivity contribution in [1.82, 2.24) is 0 Å². The van der Waals surface area contributed by atoms with Gasteiger partial charge in [0.2, 0.25) is 0 Å². The molecule has 6 nitrogen and oxygen atoms in total. The van der Waals surface area contributed by atoms with Gasteiger partial charge in [-0.2, -0.15) is 0 Å². The van der Waals surface area contributed by atoms with Crippen molar-refractivity contribution in [3.63, 3.8) is 0 Å². The van der Waals surface area contributed by atoms with E-state index in [0.29, 0.717) is 0 Å². The quantitative estimate of drug-likeness (QED) is 0.0642. The Morgan fingerprint density at radius 1 is 0.479 bits per heavy atom. The van der Waals surface area contributed by atoms with Crippen LogP contribution in [0.5, 0.6) is 0 Å². The third-order valence-corrected chi connectivity index (χ3v) is 12.5. The molecule has 1 atom stereocenters. The Bertz CT molecular complexity index is 1750. The van der Waals surface area contributed by atoms with Gasteiger partial charge in [0.05, 0.1) is 18.5 Å². The van der Waals surface area contributed by atoms with Crippen molar-refractivity contribution < 1.29 is 28.7 Å². The molecule has 0 aliphatic carbocycles. The first-order chi connectivity index (χ1) is 23.4. The minimum atomic E-state index is -3.36. The fourth-order valence-electron chi connectivity index (χ4n) is 6.12. The Hall–Kier alpha value is -5.32. The third kappa shape index (κ3) is 6.85. The van der Waals surface area contributed by atoms with Crippen molar-refractivity contribution >= 4 is 51.6 Å². The second-order valence-corrected chi connectivity index (χ2v) is 14.3. The third-order valence-electron chi connectivity index (χ3n) is 8.13. The highest BCUT2D eigenvalue weighted by Crippen LogP contribution is 2.49. The van der Waals surface area contributed by atoms with Crippen LogP contribution in [-0.4, -0.2) is 42.0 Å². The van der Waals surface area contributed by atoms with Crippen molar-refractivity contribution in [2.24, 2.45) is 11.8 Å². The molecule has 0 amide bonds. The summed E-state index contributed by atoms with van der Waals surface area (Å²) < 4.78 is 11.5. The van der Waals surface area contributed by atoms with E-state index in [1.807, 2.05) is 91.0 Å². The molecule has 0 saturated carbocycles. The predicted octanol–water partition coefficient (Wildman–Crippen LogP) is 6.28. The maximum Gasteiger partial charge on any atom is 0.335 e. The van der Waals surface area contributed by atoms with Gasteiger partial charge in [0.1, 0.15) is 11.8 Å². The van der Waals surface area contributed by atoms with Gasteiger partial charge in [-0.25, -0.2) is 4.79 Å². The summed E-state index contributed by atoms with van der Waals surface area (Å²) >= 11 is 0. The first-order valence-electron chi connectivity index (χ1n) is 15.9. The lowest BCUT2D eigenvalue weighted by Crippen LogP contribution is -2.48. The molecular formula is C41H37O6P. The molecule has 0 aliphatic heterocycles. The van der Waals surface area contributed by atoms with Gasteiger partial charge in [0.15, 0.2) is 11.6 Å². The largest absolute Gasteiger partial charge is 0.465 e. The number of ketones is 2. The highest BCUT2D eigenvalue weighted by molar-refractivity contribution is 7.96. The number of Topliss-reactive ketones (excluding diaryl/α,β-unsaturated/α-hetero) is 2. The van der Waals surface area contributed by atoms with Crippen LogP contribution >= 0.6 is 6.89 Å². The summed E-state index contributed by atoms with van der Waals surface area (Å²) in [6.07, 6.45) is 0. The summed E-state index contributed by atoms with van der Waals surface area (Å²) in [5.41, 5.74) is 0.458. The van der Waals surface area contributed by atoms with Gasteiger partial charge in [0.25, 0.3) is 0 Å². The van der Waals surface area contributed by atoms with Gasteiger partial charge in [-0.3, -0.25) is 14.4 Å². The Kier molecular flexibility index (Phi) is 11.3. The fraction of sp³-hybridized carbons (Fsp3) is 0.146. The molecule has 0 heterocycles. The zero-order valence-electron chi connectivity index (χ0n) is 26.9. The summed E-state index contributed by atoms with van der Waals surface area (Å²) in [5.74, 6) is -6.12. The Balaban J connectivity index is 2.04. The summed E-state index contributed by atoms with van der Waals surface area (Å²) in [5, 5.41) is 2.26. The number of carbonyl (C=O) groups excluding carboxylic acids is 4. The number of hydrogen-bond acceptors (Lipinski definition) is 6. The van der Waals surface area contributed by atoms with E-state index in [-0.39, 0.29) is 29.6 Å². The zero-order chi connectivity index (χ0) is 33.9. The molecule has 0 spiro atoms. The van der Waals surface area contributed by atoms with Gasteiger partial charge in [0, 0.05) is 11.1 Å². The fourth-order valence-corrected chi connectivity index (χ4v) is 10.7. The van der Waals surface area contributed by atoms with E-state index < -0.39 is 42.2 Å². The summed E-state index contributed by atoms with van der Waals surface area (Å²) in [6, 6.07) is 45.1. The van der Waals surface area contributed by atoms with E-state index >= 15 is 0 Å². The number of esters is 2. The van der Waals surface area contributed by atoms with E-state index in [1.165, 1.54) is 0 Å². The first kappa shape index (κ1) is 34.0. The monoisotopic (exact) mass is 656 g/mol. The maximum absolute atomic E-state index is 14.8. The number of rotatable bonds is 13. The molecule has 0 fully saturated rings. The number of hydrogen-bond donors (Lipinski definition) is 0. The molecule has 0 aromatic heterocycles. The lowest BCUT2D eigenvalue weighted by Gasteiger charge is -2.36. The standard InChI is InChI=1S/C41H37O6P/c1-3-46-40(44)36(35(37(42)30-20-10-5-11-21-30)38(43)31-22-12-6-13-23-31)39(41(45)47-4-2)48(32-24-14-7-15-25-32,33-26-16-8-17-27-33)34-28-18-9-19-29-34/h5-29,35-36H,3-4H2,1-2H3. The highest BCUT2D eigenvalue weighted by Gasteiger charge is 2.49. The maximum atomic E-state index is 14.8. The molecule has 5 aromatic carbocycles.